The van der Waals surface area contributed by atoms with Crippen LogP contribution in [-0.2, 0) is 0 Å². The van der Waals surface area contributed by atoms with E-state index in [0.29, 0.717) is 11.5 Å². The van der Waals surface area contributed by atoms with E-state index in [1.807, 2.05) is 30.3 Å². The highest BCUT2D eigenvalue weighted by molar-refractivity contribution is 6.02. The predicted octanol–water partition coefficient (Wildman–Crippen LogP) is 4.94. The molecule has 2 saturated heterocycles. The largest absolute Gasteiger partial charge is 0.507 e. The van der Waals surface area contributed by atoms with E-state index in [1.54, 1.807) is 12.3 Å². The molecular weight excluding hydrogens is 426 g/mol. The zero-order valence-corrected chi connectivity index (χ0v) is 19.7. The maximum atomic E-state index is 10.4. The van der Waals surface area contributed by atoms with Gasteiger partial charge in [-0.2, -0.15) is 20.1 Å². The Balaban J connectivity index is 1.43. The van der Waals surface area contributed by atoms with Crippen molar-refractivity contribution in [3.63, 3.8) is 0 Å². The number of phenolic OH excluding ortho intramolecular Hbond substituents is 1. The van der Waals surface area contributed by atoms with Crippen molar-refractivity contribution in [2.45, 2.75) is 51.4 Å². The number of phenols is 1. The summed E-state index contributed by atoms with van der Waals surface area (Å²) in [5.74, 6) is 2.07. The normalized spacial score (nSPS) is 17.6. The van der Waals surface area contributed by atoms with Crippen molar-refractivity contribution in [2.75, 3.05) is 41.4 Å². The second kappa shape index (κ2) is 10.7. The van der Waals surface area contributed by atoms with Crippen LogP contribution in [0.25, 0.3) is 10.8 Å². The summed E-state index contributed by atoms with van der Waals surface area (Å²) in [5.41, 5.74) is 3.68. The number of nitrogens with one attached hydrogen (secondary N) is 1. The molecule has 2 aliphatic rings. The fourth-order valence-corrected chi connectivity index (χ4v) is 4.80. The SMILES string of the molecule is Oc1ccc2ccccc2c1/C=N/Nc1nc(N2CCCCCC2)nc(N2CCCCCC2)n1. The Morgan fingerprint density at radius 2 is 1.32 bits per heavy atom. The fourth-order valence-electron chi connectivity index (χ4n) is 4.80. The molecule has 0 radical (unpaired) electrons. The van der Waals surface area contributed by atoms with Crippen LogP contribution in [0.1, 0.15) is 56.9 Å². The summed E-state index contributed by atoms with van der Waals surface area (Å²) in [6.07, 6.45) is 11.3. The van der Waals surface area contributed by atoms with Gasteiger partial charge < -0.3 is 14.9 Å². The molecule has 2 aliphatic heterocycles. The predicted molar refractivity (Wildman–Crippen MR) is 138 cm³/mol. The van der Waals surface area contributed by atoms with Crippen molar-refractivity contribution < 1.29 is 5.11 Å². The Kier molecular flexibility index (Phi) is 7.02. The highest BCUT2D eigenvalue weighted by Crippen LogP contribution is 2.26. The topological polar surface area (TPSA) is 89.8 Å². The van der Waals surface area contributed by atoms with E-state index in [-0.39, 0.29) is 5.75 Å². The fraction of sp³-hybridized carbons (Fsp3) is 0.462. The van der Waals surface area contributed by atoms with Gasteiger partial charge in [-0.15, -0.1) is 0 Å². The molecule has 0 saturated carbocycles. The second-order valence-electron chi connectivity index (χ2n) is 9.15. The monoisotopic (exact) mass is 459 g/mol. The molecule has 0 unspecified atom stereocenters. The molecule has 8 heteroatoms. The Hall–Kier alpha value is -3.42. The number of hydrogen-bond acceptors (Lipinski definition) is 8. The summed E-state index contributed by atoms with van der Waals surface area (Å²) < 4.78 is 0. The summed E-state index contributed by atoms with van der Waals surface area (Å²) in [4.78, 5) is 18.9. The molecule has 5 rings (SSSR count). The van der Waals surface area contributed by atoms with Crippen LogP contribution in [0.15, 0.2) is 41.5 Å². The number of aromatic hydroxyl groups is 1. The average molecular weight is 460 g/mol. The molecule has 2 N–H and O–H groups in total. The van der Waals surface area contributed by atoms with Gasteiger partial charge in [-0.05, 0) is 42.5 Å². The Bertz CT molecular complexity index is 1090. The molecule has 0 spiro atoms. The highest BCUT2D eigenvalue weighted by Gasteiger charge is 2.19. The maximum absolute atomic E-state index is 10.4. The third-order valence-corrected chi connectivity index (χ3v) is 6.70. The lowest BCUT2D eigenvalue weighted by molar-refractivity contribution is 0.475. The van der Waals surface area contributed by atoms with Crippen LogP contribution < -0.4 is 15.2 Å². The van der Waals surface area contributed by atoms with Crippen LogP contribution >= 0.6 is 0 Å². The molecule has 178 valence electrons. The summed E-state index contributed by atoms with van der Waals surface area (Å²) in [7, 11) is 0. The molecule has 3 aromatic rings. The van der Waals surface area contributed by atoms with Gasteiger partial charge in [0.25, 0.3) is 0 Å². The first-order valence-electron chi connectivity index (χ1n) is 12.5. The van der Waals surface area contributed by atoms with Crippen LogP contribution in [0.2, 0.25) is 0 Å². The zero-order chi connectivity index (χ0) is 23.2. The molecule has 34 heavy (non-hydrogen) atoms. The molecule has 8 nitrogen and oxygen atoms in total. The number of aromatic nitrogens is 3. The zero-order valence-electron chi connectivity index (χ0n) is 19.7. The quantitative estimate of drug-likeness (QED) is 0.413. The van der Waals surface area contributed by atoms with Gasteiger partial charge in [-0.25, -0.2) is 5.43 Å². The van der Waals surface area contributed by atoms with Crippen molar-refractivity contribution in [3.05, 3.63) is 42.0 Å². The molecule has 2 aromatic carbocycles. The minimum absolute atomic E-state index is 0.190. The summed E-state index contributed by atoms with van der Waals surface area (Å²) >= 11 is 0. The number of benzene rings is 2. The van der Waals surface area contributed by atoms with E-state index >= 15 is 0 Å². The lowest BCUT2D eigenvalue weighted by Crippen LogP contribution is -2.30. The van der Waals surface area contributed by atoms with E-state index < -0.39 is 0 Å². The van der Waals surface area contributed by atoms with Gasteiger partial charge in [0.15, 0.2) is 0 Å². The number of nitrogens with zero attached hydrogens (tertiary/aromatic N) is 6. The molecule has 0 bridgehead atoms. The van der Waals surface area contributed by atoms with Crippen molar-refractivity contribution in [1.82, 2.24) is 15.0 Å². The number of anilines is 3. The minimum atomic E-state index is 0.190. The lowest BCUT2D eigenvalue weighted by atomic mass is 10.0. The van der Waals surface area contributed by atoms with E-state index in [4.69, 9.17) is 15.0 Å². The molecule has 0 aliphatic carbocycles. The van der Waals surface area contributed by atoms with Crippen LogP contribution in [-0.4, -0.2) is 52.5 Å². The first-order chi connectivity index (χ1) is 16.8. The van der Waals surface area contributed by atoms with Gasteiger partial charge in [0.1, 0.15) is 5.75 Å². The third kappa shape index (κ3) is 5.21. The minimum Gasteiger partial charge on any atom is -0.507 e. The summed E-state index contributed by atoms with van der Waals surface area (Å²) in [6, 6.07) is 11.5. The van der Waals surface area contributed by atoms with Crippen LogP contribution in [0, 0.1) is 0 Å². The van der Waals surface area contributed by atoms with Gasteiger partial charge in [0.05, 0.1) is 6.21 Å². The molecule has 3 heterocycles. The molecular formula is C26H33N7O. The standard InChI is InChI=1S/C26H33N7O/c34-23-14-13-20-11-5-6-12-21(20)22(23)19-27-31-24-28-25(32-15-7-1-2-8-16-32)30-26(29-24)33-17-9-3-4-10-18-33/h5-6,11-14,19,34H,1-4,7-10,15-18H2,(H,28,29,30,31)/b27-19+. The van der Waals surface area contributed by atoms with Crippen LogP contribution in [0.3, 0.4) is 0 Å². The maximum Gasteiger partial charge on any atom is 0.250 e. The van der Waals surface area contributed by atoms with Crippen LogP contribution in [0.5, 0.6) is 5.75 Å². The Morgan fingerprint density at radius 3 is 1.94 bits per heavy atom. The summed E-state index contributed by atoms with van der Waals surface area (Å²) in [6.45, 7) is 3.87. The first kappa shape index (κ1) is 22.4. The Labute approximate surface area is 200 Å². The van der Waals surface area contributed by atoms with Gasteiger partial charge in [0, 0.05) is 31.7 Å². The molecule has 0 amide bonds. The number of rotatable bonds is 5. The van der Waals surface area contributed by atoms with Crippen molar-refractivity contribution >= 4 is 34.8 Å². The smallest absolute Gasteiger partial charge is 0.250 e. The molecule has 1 aromatic heterocycles. The Morgan fingerprint density at radius 1 is 0.735 bits per heavy atom. The van der Waals surface area contributed by atoms with Gasteiger partial charge in [0.2, 0.25) is 17.8 Å². The number of hydrazone groups is 1. The third-order valence-electron chi connectivity index (χ3n) is 6.70. The average Bonchev–Trinajstić information content (AvgIpc) is 3.31. The molecule has 2 fully saturated rings. The van der Waals surface area contributed by atoms with Gasteiger partial charge >= 0.3 is 0 Å². The van der Waals surface area contributed by atoms with E-state index in [9.17, 15) is 5.11 Å². The van der Waals surface area contributed by atoms with E-state index in [1.165, 1.54) is 25.7 Å². The second-order valence-corrected chi connectivity index (χ2v) is 9.15. The van der Waals surface area contributed by atoms with Gasteiger partial charge in [-0.1, -0.05) is 56.0 Å². The van der Waals surface area contributed by atoms with E-state index in [2.05, 4.69) is 20.3 Å². The molecule has 0 atom stereocenters. The van der Waals surface area contributed by atoms with Crippen LogP contribution in [0.4, 0.5) is 17.8 Å². The lowest BCUT2D eigenvalue weighted by Gasteiger charge is -2.24. The summed E-state index contributed by atoms with van der Waals surface area (Å²) in [5, 5.41) is 16.8. The van der Waals surface area contributed by atoms with E-state index in [0.717, 1.165) is 74.5 Å². The highest BCUT2D eigenvalue weighted by atomic mass is 16.3. The number of fused-ring (bicyclic) bond motifs is 1. The van der Waals surface area contributed by atoms with Crippen molar-refractivity contribution in [1.29, 1.82) is 0 Å². The van der Waals surface area contributed by atoms with Gasteiger partial charge in [-0.3, -0.25) is 0 Å². The number of hydrogen-bond donors (Lipinski definition) is 2. The van der Waals surface area contributed by atoms with Crippen molar-refractivity contribution in [2.24, 2.45) is 5.10 Å². The van der Waals surface area contributed by atoms with Crippen molar-refractivity contribution in [3.8, 4) is 5.75 Å². The first-order valence-corrected chi connectivity index (χ1v) is 12.5.